The van der Waals surface area contributed by atoms with Gasteiger partial charge in [-0.25, -0.2) is 4.98 Å². The number of nitrogens with zero attached hydrogens (tertiary/aromatic N) is 4. The standard InChI is InChI=1S/C25H31N5O2/c1-16-13-19-14-18(5-6-20(19)32-16)24(31)29-10-7-17(8-11-29)22-23(28-25(2,3)4)30-12-9-26-15-21(30)27-22/h5-6,9,12,14-17,28H,7-8,10-11,13H2,1-4H3/t16-/m1/s1. The summed E-state index contributed by atoms with van der Waals surface area (Å²) in [7, 11) is 0. The molecule has 1 fully saturated rings. The molecule has 7 heteroatoms. The topological polar surface area (TPSA) is 71.8 Å². The number of carbonyl (C=O) groups excluding carboxylic acids is 1. The van der Waals surface area contributed by atoms with Crippen molar-refractivity contribution in [1.82, 2.24) is 19.3 Å². The molecule has 2 aliphatic heterocycles. The van der Waals surface area contributed by atoms with Crippen molar-refractivity contribution in [3.8, 4) is 5.75 Å². The second-order valence-electron chi connectivity index (χ2n) is 10.0. The maximum Gasteiger partial charge on any atom is 0.253 e. The Kier molecular flexibility index (Phi) is 5.07. The molecule has 0 radical (unpaired) electrons. The van der Waals surface area contributed by atoms with E-state index in [0.29, 0.717) is 5.92 Å². The number of piperidine rings is 1. The zero-order valence-corrected chi connectivity index (χ0v) is 19.3. The molecule has 1 atom stereocenters. The first-order valence-corrected chi connectivity index (χ1v) is 11.5. The summed E-state index contributed by atoms with van der Waals surface area (Å²) in [6.07, 6.45) is 8.38. The molecule has 7 nitrogen and oxygen atoms in total. The monoisotopic (exact) mass is 433 g/mol. The molecule has 0 aliphatic carbocycles. The van der Waals surface area contributed by atoms with Crippen molar-refractivity contribution in [1.29, 1.82) is 0 Å². The first-order chi connectivity index (χ1) is 15.3. The number of hydrogen-bond donors (Lipinski definition) is 1. The van der Waals surface area contributed by atoms with Crippen LogP contribution >= 0.6 is 0 Å². The number of anilines is 1. The smallest absolute Gasteiger partial charge is 0.253 e. The Morgan fingerprint density at radius 2 is 2.00 bits per heavy atom. The zero-order valence-electron chi connectivity index (χ0n) is 19.3. The Labute approximate surface area is 188 Å². The van der Waals surface area contributed by atoms with Crippen molar-refractivity contribution in [2.24, 2.45) is 0 Å². The quantitative estimate of drug-likeness (QED) is 0.667. The summed E-state index contributed by atoms with van der Waals surface area (Å²) >= 11 is 0. The lowest BCUT2D eigenvalue weighted by molar-refractivity contribution is 0.0712. The number of benzene rings is 1. The third kappa shape index (κ3) is 3.92. The molecule has 32 heavy (non-hydrogen) atoms. The van der Waals surface area contributed by atoms with Crippen molar-refractivity contribution in [3.05, 3.63) is 53.6 Å². The molecule has 3 aromatic rings. The minimum Gasteiger partial charge on any atom is -0.490 e. The molecule has 0 bridgehead atoms. The van der Waals surface area contributed by atoms with Crippen LogP contribution in [0.4, 0.5) is 5.82 Å². The number of ether oxygens (including phenoxy) is 1. The van der Waals surface area contributed by atoms with Gasteiger partial charge in [-0.2, -0.15) is 0 Å². The van der Waals surface area contributed by atoms with E-state index in [0.717, 1.165) is 66.4 Å². The molecule has 1 saturated heterocycles. The van der Waals surface area contributed by atoms with Gasteiger partial charge >= 0.3 is 0 Å². The molecular formula is C25H31N5O2. The van der Waals surface area contributed by atoms with E-state index in [2.05, 4.69) is 42.4 Å². The van der Waals surface area contributed by atoms with Crippen LogP contribution in [0.15, 0.2) is 36.8 Å². The van der Waals surface area contributed by atoms with Crippen LogP contribution < -0.4 is 10.1 Å². The number of hydrogen-bond acceptors (Lipinski definition) is 5. The highest BCUT2D eigenvalue weighted by atomic mass is 16.5. The van der Waals surface area contributed by atoms with Gasteiger partial charge in [0.05, 0.1) is 11.9 Å². The van der Waals surface area contributed by atoms with Crippen molar-refractivity contribution in [2.45, 2.75) is 64.5 Å². The van der Waals surface area contributed by atoms with Crippen LogP contribution in [0.1, 0.15) is 68.1 Å². The van der Waals surface area contributed by atoms with E-state index in [1.807, 2.05) is 29.3 Å². The van der Waals surface area contributed by atoms with Crippen LogP contribution in [0.5, 0.6) is 5.75 Å². The maximum atomic E-state index is 13.2. The molecule has 2 aromatic heterocycles. The van der Waals surface area contributed by atoms with Crippen molar-refractivity contribution in [2.75, 3.05) is 18.4 Å². The highest BCUT2D eigenvalue weighted by Gasteiger charge is 2.30. The molecule has 1 N–H and O–H groups in total. The van der Waals surface area contributed by atoms with E-state index >= 15 is 0 Å². The Hall–Kier alpha value is -3.09. The molecule has 0 saturated carbocycles. The van der Waals surface area contributed by atoms with E-state index in [4.69, 9.17) is 9.72 Å². The normalized spacial score (nSPS) is 19.1. The highest BCUT2D eigenvalue weighted by molar-refractivity contribution is 5.94. The minimum absolute atomic E-state index is 0.0839. The summed E-state index contributed by atoms with van der Waals surface area (Å²) in [6.45, 7) is 9.98. The molecule has 2 aliphatic rings. The van der Waals surface area contributed by atoms with E-state index in [1.54, 1.807) is 12.4 Å². The number of rotatable bonds is 3. The van der Waals surface area contributed by atoms with Crippen LogP contribution in [0.25, 0.3) is 5.65 Å². The summed E-state index contributed by atoms with van der Waals surface area (Å²) in [5.74, 6) is 2.36. The number of nitrogens with one attached hydrogen (secondary N) is 1. The molecule has 0 unspecified atom stereocenters. The van der Waals surface area contributed by atoms with Gasteiger partial charge < -0.3 is 15.0 Å². The Balaban J connectivity index is 1.33. The fraction of sp³-hybridized carbons (Fsp3) is 0.480. The van der Waals surface area contributed by atoms with Crippen LogP contribution in [-0.2, 0) is 6.42 Å². The molecule has 1 aromatic carbocycles. The van der Waals surface area contributed by atoms with Crippen LogP contribution in [0.2, 0.25) is 0 Å². The summed E-state index contributed by atoms with van der Waals surface area (Å²) in [5, 5.41) is 3.64. The van der Waals surface area contributed by atoms with Gasteiger partial charge in [0.15, 0.2) is 5.65 Å². The number of aromatic nitrogens is 3. The third-order valence-electron chi connectivity index (χ3n) is 6.26. The van der Waals surface area contributed by atoms with Crippen molar-refractivity contribution >= 4 is 17.4 Å². The average Bonchev–Trinajstić information content (AvgIpc) is 3.31. The van der Waals surface area contributed by atoms with Gasteiger partial charge in [-0.15, -0.1) is 0 Å². The molecule has 4 heterocycles. The lowest BCUT2D eigenvalue weighted by Gasteiger charge is -2.32. The summed E-state index contributed by atoms with van der Waals surface area (Å²) in [4.78, 5) is 24.3. The van der Waals surface area contributed by atoms with Crippen LogP contribution in [0.3, 0.4) is 0 Å². The zero-order chi connectivity index (χ0) is 22.5. The van der Waals surface area contributed by atoms with E-state index in [-0.39, 0.29) is 17.6 Å². The first kappa shape index (κ1) is 20.8. The number of likely N-dealkylation sites (tertiary alicyclic amines) is 1. The molecule has 168 valence electrons. The molecular weight excluding hydrogens is 402 g/mol. The lowest BCUT2D eigenvalue weighted by Crippen LogP contribution is -2.38. The second kappa shape index (κ2) is 7.80. The fourth-order valence-corrected chi connectivity index (χ4v) is 4.78. The third-order valence-corrected chi connectivity index (χ3v) is 6.26. The fourth-order valence-electron chi connectivity index (χ4n) is 4.78. The first-order valence-electron chi connectivity index (χ1n) is 11.5. The number of amides is 1. The number of fused-ring (bicyclic) bond motifs is 2. The van der Waals surface area contributed by atoms with Gasteiger partial charge in [0, 0.05) is 48.9 Å². The van der Waals surface area contributed by atoms with E-state index in [1.165, 1.54) is 0 Å². The van der Waals surface area contributed by atoms with Crippen molar-refractivity contribution in [3.63, 3.8) is 0 Å². The van der Waals surface area contributed by atoms with Gasteiger partial charge in [0.2, 0.25) is 0 Å². The predicted octanol–water partition coefficient (Wildman–Crippen LogP) is 4.28. The van der Waals surface area contributed by atoms with E-state index in [9.17, 15) is 4.79 Å². The molecule has 1 amide bonds. The lowest BCUT2D eigenvalue weighted by atomic mass is 9.92. The number of carbonyl (C=O) groups is 1. The van der Waals surface area contributed by atoms with Crippen molar-refractivity contribution < 1.29 is 9.53 Å². The van der Waals surface area contributed by atoms with Gasteiger partial charge in [-0.1, -0.05) is 0 Å². The largest absolute Gasteiger partial charge is 0.490 e. The van der Waals surface area contributed by atoms with E-state index < -0.39 is 0 Å². The van der Waals surface area contributed by atoms with Gasteiger partial charge in [-0.3, -0.25) is 14.2 Å². The summed E-state index contributed by atoms with van der Waals surface area (Å²) in [6, 6.07) is 5.84. The summed E-state index contributed by atoms with van der Waals surface area (Å²) < 4.78 is 7.86. The van der Waals surface area contributed by atoms with Gasteiger partial charge in [0.25, 0.3) is 5.91 Å². The Morgan fingerprint density at radius 3 is 2.75 bits per heavy atom. The Bertz CT molecular complexity index is 1150. The number of imidazole rings is 1. The minimum atomic E-state index is -0.0839. The molecule has 5 rings (SSSR count). The van der Waals surface area contributed by atoms with Crippen LogP contribution in [-0.4, -0.2) is 49.9 Å². The second-order valence-corrected chi connectivity index (χ2v) is 10.0. The SMILES string of the molecule is C[C@@H]1Cc2cc(C(=O)N3CCC(c4nc5cnccn5c4NC(C)(C)C)CC3)ccc2O1. The Morgan fingerprint density at radius 1 is 1.22 bits per heavy atom. The molecule has 0 spiro atoms. The average molecular weight is 434 g/mol. The predicted molar refractivity (Wildman–Crippen MR) is 124 cm³/mol. The van der Waals surface area contributed by atoms with Gasteiger partial charge in [-0.05, 0) is 64.3 Å². The van der Waals surface area contributed by atoms with Gasteiger partial charge in [0.1, 0.15) is 17.7 Å². The summed E-state index contributed by atoms with van der Waals surface area (Å²) in [5.41, 5.74) is 3.73. The van der Waals surface area contributed by atoms with Crippen LogP contribution in [0, 0.1) is 0 Å². The highest BCUT2D eigenvalue weighted by Crippen LogP contribution is 2.35. The maximum absolute atomic E-state index is 13.2.